The molecule has 3 aliphatic rings. The summed E-state index contributed by atoms with van der Waals surface area (Å²) in [5.41, 5.74) is 0.562. The van der Waals surface area contributed by atoms with Crippen LogP contribution < -0.4 is 15.5 Å². The Hall–Kier alpha value is -2.40. The maximum atomic E-state index is 12.7. The number of pyridine rings is 1. The van der Waals surface area contributed by atoms with Crippen molar-refractivity contribution < 1.29 is 18.0 Å². The molecule has 4 rings (SSSR count). The highest BCUT2D eigenvalue weighted by Gasteiger charge is 2.36. The lowest BCUT2D eigenvalue weighted by molar-refractivity contribution is -0.124. The molecule has 1 unspecified atom stereocenters. The lowest BCUT2D eigenvalue weighted by Gasteiger charge is -2.34. The molecular formula is C19H28N6O4S. The van der Waals surface area contributed by atoms with Crippen LogP contribution >= 0.6 is 0 Å². The van der Waals surface area contributed by atoms with E-state index in [2.05, 4.69) is 15.6 Å². The van der Waals surface area contributed by atoms with Crippen LogP contribution in [0, 0.1) is 0 Å². The number of urea groups is 1. The second-order valence-corrected chi connectivity index (χ2v) is 10.1. The van der Waals surface area contributed by atoms with E-state index < -0.39 is 16.1 Å². The Morgan fingerprint density at radius 2 is 1.80 bits per heavy atom. The zero-order chi connectivity index (χ0) is 21.3. The molecule has 30 heavy (non-hydrogen) atoms. The maximum absolute atomic E-state index is 12.7. The Balaban J connectivity index is 1.32. The first-order valence-corrected chi connectivity index (χ1v) is 12.2. The van der Waals surface area contributed by atoms with Gasteiger partial charge in [-0.15, -0.1) is 0 Å². The Labute approximate surface area is 176 Å². The number of hydrogen-bond donors (Lipinski definition) is 2. The molecule has 0 radical (unpaired) electrons. The topological polar surface area (TPSA) is 115 Å². The molecule has 164 valence electrons. The number of piperazine rings is 1. The van der Waals surface area contributed by atoms with Crippen molar-refractivity contribution in [2.45, 2.75) is 37.8 Å². The van der Waals surface area contributed by atoms with Crippen molar-refractivity contribution in [3.63, 3.8) is 0 Å². The number of nitrogens with one attached hydrogen (secondary N) is 2. The summed E-state index contributed by atoms with van der Waals surface area (Å²) in [5.74, 6) is 0.677. The molecule has 3 heterocycles. The van der Waals surface area contributed by atoms with Gasteiger partial charge in [-0.25, -0.2) is 18.2 Å². The van der Waals surface area contributed by atoms with Gasteiger partial charge in [0.05, 0.1) is 18.1 Å². The Kier molecular flexibility index (Phi) is 5.83. The summed E-state index contributed by atoms with van der Waals surface area (Å²) in [7, 11) is -3.17. The molecule has 0 aromatic carbocycles. The number of amides is 3. The van der Waals surface area contributed by atoms with Gasteiger partial charge >= 0.3 is 6.03 Å². The second-order valence-electron chi connectivity index (χ2n) is 8.12. The minimum atomic E-state index is -3.17. The highest BCUT2D eigenvalue weighted by Crippen LogP contribution is 2.23. The first kappa shape index (κ1) is 20.9. The molecule has 1 aromatic heterocycles. The zero-order valence-electron chi connectivity index (χ0n) is 17.1. The number of rotatable bonds is 5. The zero-order valence-corrected chi connectivity index (χ0v) is 17.9. The molecule has 11 heteroatoms. The van der Waals surface area contributed by atoms with E-state index in [1.807, 2.05) is 11.0 Å². The van der Waals surface area contributed by atoms with E-state index in [-0.39, 0.29) is 18.0 Å². The Morgan fingerprint density at radius 3 is 2.40 bits per heavy atom. The second kappa shape index (κ2) is 8.38. The summed E-state index contributed by atoms with van der Waals surface area (Å²) in [6, 6.07) is 3.16. The molecule has 1 aliphatic carbocycles. The maximum Gasteiger partial charge on any atom is 0.322 e. The predicted octanol–water partition coefficient (Wildman–Crippen LogP) is 0.438. The molecule has 1 aromatic rings. The lowest BCUT2D eigenvalue weighted by atomic mass is 10.2. The number of carbonyl (C=O) groups is 2. The van der Waals surface area contributed by atoms with Crippen molar-refractivity contribution in [2.75, 3.05) is 49.2 Å². The molecule has 10 nitrogen and oxygen atoms in total. The SMILES string of the molecule is CS(=O)(=O)N1CCN(c2ccc(NC(=O)N3CCCC3C(=O)NC3CC3)cn2)CC1. The summed E-state index contributed by atoms with van der Waals surface area (Å²) in [6.45, 7) is 2.55. The van der Waals surface area contributed by atoms with Crippen LogP contribution in [0.3, 0.4) is 0 Å². The molecule has 2 N–H and O–H groups in total. The number of hydrogen-bond acceptors (Lipinski definition) is 6. The summed E-state index contributed by atoms with van der Waals surface area (Å²) < 4.78 is 24.7. The van der Waals surface area contributed by atoms with E-state index in [0.717, 1.165) is 25.1 Å². The molecule has 0 bridgehead atoms. The van der Waals surface area contributed by atoms with Gasteiger partial charge in [0.2, 0.25) is 15.9 Å². The van der Waals surface area contributed by atoms with Gasteiger partial charge in [-0.05, 0) is 37.8 Å². The van der Waals surface area contributed by atoms with E-state index >= 15 is 0 Å². The number of anilines is 2. The fourth-order valence-corrected chi connectivity index (χ4v) is 4.73. The van der Waals surface area contributed by atoms with E-state index in [0.29, 0.717) is 44.8 Å². The van der Waals surface area contributed by atoms with Crippen LogP contribution in [-0.4, -0.2) is 85.6 Å². The van der Waals surface area contributed by atoms with E-state index in [1.54, 1.807) is 17.2 Å². The first-order valence-electron chi connectivity index (χ1n) is 10.4. The van der Waals surface area contributed by atoms with Crippen molar-refractivity contribution in [3.8, 4) is 0 Å². The average molecular weight is 437 g/mol. The van der Waals surface area contributed by atoms with Crippen LogP contribution in [0.1, 0.15) is 25.7 Å². The van der Waals surface area contributed by atoms with Crippen molar-refractivity contribution in [1.82, 2.24) is 19.5 Å². The standard InChI is InChI=1S/C19H28N6O4S/c1-30(28,29)24-11-9-23(10-12-24)17-7-6-15(13-20-17)22-19(27)25-8-2-3-16(25)18(26)21-14-4-5-14/h6-7,13-14,16H,2-5,8-12H2,1H3,(H,21,26)(H,22,27). The molecule has 2 saturated heterocycles. The highest BCUT2D eigenvalue weighted by atomic mass is 32.2. The molecule has 3 fully saturated rings. The fourth-order valence-electron chi connectivity index (χ4n) is 3.90. The summed E-state index contributed by atoms with van der Waals surface area (Å²) >= 11 is 0. The average Bonchev–Trinajstić information content (AvgIpc) is 3.39. The number of nitrogens with zero attached hydrogens (tertiary/aromatic N) is 4. The van der Waals surface area contributed by atoms with E-state index in [9.17, 15) is 18.0 Å². The Morgan fingerprint density at radius 1 is 1.07 bits per heavy atom. The third kappa shape index (κ3) is 4.84. The van der Waals surface area contributed by atoms with Crippen molar-refractivity contribution in [3.05, 3.63) is 18.3 Å². The minimum absolute atomic E-state index is 0.0631. The van der Waals surface area contributed by atoms with Crippen LogP contribution in [0.4, 0.5) is 16.3 Å². The molecule has 2 aliphatic heterocycles. The number of aromatic nitrogens is 1. The van der Waals surface area contributed by atoms with Crippen LogP contribution in [0.25, 0.3) is 0 Å². The summed E-state index contributed by atoms with van der Waals surface area (Å²) in [5, 5.41) is 5.81. The van der Waals surface area contributed by atoms with Gasteiger partial charge in [0, 0.05) is 38.8 Å². The third-order valence-corrected chi connectivity index (χ3v) is 7.07. The van der Waals surface area contributed by atoms with Crippen molar-refractivity contribution >= 4 is 33.5 Å². The number of likely N-dealkylation sites (tertiary alicyclic amines) is 1. The summed E-state index contributed by atoms with van der Waals surface area (Å²) in [6.07, 6.45) is 6.35. The lowest BCUT2D eigenvalue weighted by Crippen LogP contribution is -2.48. The third-order valence-electron chi connectivity index (χ3n) is 5.77. The quantitative estimate of drug-likeness (QED) is 0.692. The van der Waals surface area contributed by atoms with Gasteiger partial charge in [0.15, 0.2) is 0 Å². The van der Waals surface area contributed by atoms with Crippen LogP contribution in [0.5, 0.6) is 0 Å². The number of sulfonamides is 1. The summed E-state index contributed by atoms with van der Waals surface area (Å²) in [4.78, 5) is 33.1. The van der Waals surface area contributed by atoms with Crippen LogP contribution in [-0.2, 0) is 14.8 Å². The largest absolute Gasteiger partial charge is 0.354 e. The monoisotopic (exact) mass is 436 g/mol. The molecule has 1 atom stereocenters. The molecule has 1 saturated carbocycles. The Bertz CT molecular complexity index is 894. The van der Waals surface area contributed by atoms with Gasteiger partial charge in [0.1, 0.15) is 11.9 Å². The van der Waals surface area contributed by atoms with Crippen LogP contribution in [0.15, 0.2) is 18.3 Å². The molecular weight excluding hydrogens is 408 g/mol. The molecule has 0 spiro atoms. The van der Waals surface area contributed by atoms with E-state index in [4.69, 9.17) is 0 Å². The van der Waals surface area contributed by atoms with Gasteiger partial charge in [-0.1, -0.05) is 0 Å². The van der Waals surface area contributed by atoms with Gasteiger partial charge in [-0.3, -0.25) is 4.79 Å². The molecule has 3 amide bonds. The highest BCUT2D eigenvalue weighted by molar-refractivity contribution is 7.88. The van der Waals surface area contributed by atoms with Gasteiger partial charge in [-0.2, -0.15) is 4.31 Å². The first-order chi connectivity index (χ1) is 14.3. The minimum Gasteiger partial charge on any atom is -0.354 e. The smallest absolute Gasteiger partial charge is 0.322 e. The van der Waals surface area contributed by atoms with E-state index in [1.165, 1.54) is 10.6 Å². The number of carbonyl (C=O) groups excluding carboxylic acids is 2. The van der Waals surface area contributed by atoms with Gasteiger partial charge in [0.25, 0.3) is 0 Å². The van der Waals surface area contributed by atoms with Gasteiger partial charge < -0.3 is 20.4 Å². The normalized spacial score (nSPS) is 22.8. The predicted molar refractivity (Wildman–Crippen MR) is 113 cm³/mol. The fraction of sp³-hybridized carbons (Fsp3) is 0.632. The van der Waals surface area contributed by atoms with Crippen molar-refractivity contribution in [2.24, 2.45) is 0 Å². The van der Waals surface area contributed by atoms with Crippen molar-refractivity contribution in [1.29, 1.82) is 0 Å². The van der Waals surface area contributed by atoms with Crippen LogP contribution in [0.2, 0.25) is 0 Å².